The summed E-state index contributed by atoms with van der Waals surface area (Å²) in [6.07, 6.45) is 3.34. The molecule has 1 saturated heterocycles. The van der Waals surface area contributed by atoms with Gasteiger partial charge in [-0.25, -0.2) is 9.07 Å². The monoisotopic (exact) mass is 507 g/mol. The molecule has 2 fully saturated rings. The zero-order valence-electron chi connectivity index (χ0n) is 21.7. The Labute approximate surface area is 215 Å². The average molecular weight is 508 g/mol. The predicted molar refractivity (Wildman–Crippen MR) is 137 cm³/mol. The maximum Gasteiger partial charge on any atom is 0.248 e. The van der Waals surface area contributed by atoms with Gasteiger partial charge in [0.2, 0.25) is 11.8 Å². The summed E-state index contributed by atoms with van der Waals surface area (Å²) < 4.78 is 15.9. The molecule has 9 heteroatoms. The first kappa shape index (κ1) is 25.3. The molecule has 2 N–H and O–H groups in total. The van der Waals surface area contributed by atoms with E-state index in [1.165, 1.54) is 11.0 Å². The zero-order valence-corrected chi connectivity index (χ0v) is 21.7. The number of fused-ring (bicyclic) bond motifs is 1. The van der Waals surface area contributed by atoms with E-state index in [1.54, 1.807) is 22.9 Å². The second-order valence-corrected chi connectivity index (χ2v) is 11.5. The van der Waals surface area contributed by atoms with Crippen LogP contribution in [0.5, 0.6) is 0 Å². The quantitative estimate of drug-likeness (QED) is 0.528. The first-order valence-corrected chi connectivity index (χ1v) is 12.9. The lowest BCUT2D eigenvalue weighted by molar-refractivity contribution is -0.144. The molecule has 5 rings (SSSR count). The van der Waals surface area contributed by atoms with Crippen LogP contribution in [0, 0.1) is 11.2 Å². The standard InChI is InChI=1S/C28H34FN5O3/c1-16(19-11-12-22(29)21-8-6-5-7-20(19)21)30-26(36)24-13-18(35)14-33(24)27(37)25(28(2,3)4)34-15-23(31-32-34)17-9-10-17/h5-8,11-12,15-18,24-25,35H,9-10,13-14H2,1-4H3,(H,30,36)/t16?,18-,24+,25-/m1/s1. The van der Waals surface area contributed by atoms with Crippen molar-refractivity contribution in [2.75, 3.05) is 6.54 Å². The van der Waals surface area contributed by atoms with E-state index >= 15 is 0 Å². The first-order chi connectivity index (χ1) is 17.5. The largest absolute Gasteiger partial charge is 0.391 e. The highest BCUT2D eigenvalue weighted by Crippen LogP contribution is 2.40. The highest BCUT2D eigenvalue weighted by atomic mass is 19.1. The van der Waals surface area contributed by atoms with Gasteiger partial charge in [0, 0.05) is 30.5 Å². The van der Waals surface area contributed by atoms with Gasteiger partial charge in [-0.15, -0.1) is 5.10 Å². The van der Waals surface area contributed by atoms with E-state index in [4.69, 9.17) is 0 Å². The molecule has 2 aromatic carbocycles. The third-order valence-electron chi connectivity index (χ3n) is 7.44. The molecule has 1 aliphatic carbocycles. The third kappa shape index (κ3) is 4.97. The Bertz CT molecular complexity index is 1330. The SMILES string of the molecule is CC(NC(=O)[C@@H]1C[C@@H](O)CN1C(=O)[C@@H](n1cc(C2CC2)nn1)C(C)(C)C)c1ccc(F)c2ccccc12. The van der Waals surface area contributed by atoms with Gasteiger partial charge in [-0.05, 0) is 42.2 Å². The number of aromatic nitrogens is 3. The number of carbonyl (C=O) groups excluding carboxylic acids is 2. The van der Waals surface area contributed by atoms with Crippen LogP contribution in [0.2, 0.25) is 0 Å². The predicted octanol–water partition coefficient (Wildman–Crippen LogP) is 3.87. The molecule has 2 aliphatic rings. The minimum absolute atomic E-state index is 0.0710. The molecule has 8 nitrogen and oxygen atoms in total. The van der Waals surface area contributed by atoms with Crippen molar-refractivity contribution >= 4 is 22.6 Å². The summed E-state index contributed by atoms with van der Waals surface area (Å²) in [5.74, 6) is -0.535. The molecule has 2 heterocycles. The Kier molecular flexibility index (Phi) is 6.52. The molecule has 196 valence electrons. The number of halogens is 1. The fourth-order valence-corrected chi connectivity index (χ4v) is 5.38. The summed E-state index contributed by atoms with van der Waals surface area (Å²) >= 11 is 0. The first-order valence-electron chi connectivity index (χ1n) is 12.9. The Morgan fingerprint density at radius 3 is 2.51 bits per heavy atom. The minimum Gasteiger partial charge on any atom is -0.391 e. The van der Waals surface area contributed by atoms with Crippen molar-refractivity contribution in [3.63, 3.8) is 0 Å². The Hall–Kier alpha value is -3.33. The molecule has 1 aromatic heterocycles. The van der Waals surface area contributed by atoms with Crippen LogP contribution in [-0.2, 0) is 9.59 Å². The summed E-state index contributed by atoms with van der Waals surface area (Å²) in [5, 5.41) is 23.2. The van der Waals surface area contributed by atoms with Gasteiger partial charge in [0.1, 0.15) is 17.9 Å². The van der Waals surface area contributed by atoms with Crippen LogP contribution in [0.25, 0.3) is 10.8 Å². The Morgan fingerprint density at radius 2 is 1.84 bits per heavy atom. The fourth-order valence-electron chi connectivity index (χ4n) is 5.38. The molecule has 0 bridgehead atoms. The van der Waals surface area contributed by atoms with Gasteiger partial charge >= 0.3 is 0 Å². The van der Waals surface area contributed by atoms with E-state index < -0.39 is 29.6 Å². The molecule has 37 heavy (non-hydrogen) atoms. The lowest BCUT2D eigenvalue weighted by atomic mass is 9.85. The number of nitrogens with one attached hydrogen (secondary N) is 1. The smallest absolute Gasteiger partial charge is 0.248 e. The van der Waals surface area contributed by atoms with Crippen molar-refractivity contribution in [1.29, 1.82) is 0 Å². The second-order valence-electron chi connectivity index (χ2n) is 11.5. The molecule has 0 radical (unpaired) electrons. The maximum atomic E-state index is 14.3. The summed E-state index contributed by atoms with van der Waals surface area (Å²) in [6, 6.07) is 8.29. The van der Waals surface area contributed by atoms with Crippen LogP contribution in [0.3, 0.4) is 0 Å². The van der Waals surface area contributed by atoms with Crippen LogP contribution in [0.15, 0.2) is 42.6 Å². The summed E-state index contributed by atoms with van der Waals surface area (Å²) in [6.45, 7) is 7.77. The highest BCUT2D eigenvalue weighted by molar-refractivity contribution is 5.91. The molecular weight excluding hydrogens is 473 g/mol. The molecular formula is C28H34FN5O3. The number of hydrogen-bond donors (Lipinski definition) is 2. The second kappa shape index (κ2) is 9.52. The minimum atomic E-state index is -0.826. The van der Waals surface area contributed by atoms with Crippen molar-refractivity contribution < 1.29 is 19.1 Å². The fraction of sp³-hybridized carbons (Fsp3) is 0.500. The number of rotatable bonds is 6. The summed E-state index contributed by atoms with van der Waals surface area (Å²) in [4.78, 5) is 28.9. The number of aliphatic hydroxyl groups is 1. The van der Waals surface area contributed by atoms with E-state index in [9.17, 15) is 19.1 Å². The number of nitrogens with zero attached hydrogens (tertiary/aromatic N) is 4. The van der Waals surface area contributed by atoms with Gasteiger partial charge in [-0.2, -0.15) is 0 Å². The molecule has 1 unspecified atom stereocenters. The van der Waals surface area contributed by atoms with Crippen molar-refractivity contribution in [3.8, 4) is 0 Å². The maximum absolute atomic E-state index is 14.3. The third-order valence-corrected chi connectivity index (χ3v) is 7.44. The lowest BCUT2D eigenvalue weighted by Gasteiger charge is -2.34. The van der Waals surface area contributed by atoms with Gasteiger partial charge in [-0.1, -0.05) is 56.3 Å². The van der Waals surface area contributed by atoms with E-state index in [1.807, 2.05) is 46.0 Å². The van der Waals surface area contributed by atoms with Gasteiger partial charge in [0.05, 0.1) is 17.8 Å². The van der Waals surface area contributed by atoms with E-state index in [-0.39, 0.29) is 30.6 Å². The topological polar surface area (TPSA) is 100 Å². The highest BCUT2D eigenvalue weighted by Gasteiger charge is 2.45. The van der Waals surface area contributed by atoms with Crippen LogP contribution in [-0.4, -0.2) is 55.5 Å². The van der Waals surface area contributed by atoms with Crippen LogP contribution in [0.1, 0.15) is 76.2 Å². The number of aliphatic hydroxyl groups excluding tert-OH is 1. The van der Waals surface area contributed by atoms with Crippen LogP contribution >= 0.6 is 0 Å². The van der Waals surface area contributed by atoms with E-state index in [0.717, 1.165) is 29.5 Å². The Balaban J connectivity index is 1.38. The van der Waals surface area contributed by atoms with E-state index in [0.29, 0.717) is 11.3 Å². The number of benzene rings is 2. The molecule has 1 aliphatic heterocycles. The number of β-amino-alcohol motifs (C(OH)–C–C–N with tert-alkyl or cyclic N) is 1. The lowest BCUT2D eigenvalue weighted by Crippen LogP contribution is -2.50. The molecule has 1 saturated carbocycles. The average Bonchev–Trinajstić information content (AvgIpc) is 3.45. The van der Waals surface area contributed by atoms with Crippen LogP contribution < -0.4 is 5.32 Å². The Morgan fingerprint density at radius 1 is 1.14 bits per heavy atom. The van der Waals surface area contributed by atoms with Crippen molar-refractivity contribution in [1.82, 2.24) is 25.2 Å². The van der Waals surface area contributed by atoms with Gasteiger partial charge < -0.3 is 15.3 Å². The number of amides is 2. The molecule has 0 spiro atoms. The molecule has 2 amide bonds. The van der Waals surface area contributed by atoms with Crippen molar-refractivity contribution in [2.24, 2.45) is 5.41 Å². The van der Waals surface area contributed by atoms with Crippen molar-refractivity contribution in [2.45, 2.75) is 77.1 Å². The number of likely N-dealkylation sites (tertiary alicyclic amines) is 1. The van der Waals surface area contributed by atoms with Gasteiger partial charge in [0.25, 0.3) is 0 Å². The zero-order chi connectivity index (χ0) is 26.5. The summed E-state index contributed by atoms with van der Waals surface area (Å²) in [5.41, 5.74) is 1.17. The van der Waals surface area contributed by atoms with Crippen molar-refractivity contribution in [3.05, 3.63) is 59.7 Å². The normalized spacial score (nSPS) is 21.7. The molecule has 4 atom stereocenters. The number of hydrogen-bond acceptors (Lipinski definition) is 5. The van der Waals surface area contributed by atoms with Crippen LogP contribution in [0.4, 0.5) is 4.39 Å². The van der Waals surface area contributed by atoms with E-state index in [2.05, 4.69) is 15.6 Å². The summed E-state index contributed by atoms with van der Waals surface area (Å²) in [7, 11) is 0. The van der Waals surface area contributed by atoms with Gasteiger partial charge in [0.15, 0.2) is 0 Å². The molecule has 3 aromatic rings. The van der Waals surface area contributed by atoms with Gasteiger partial charge in [-0.3, -0.25) is 9.59 Å². The number of carbonyl (C=O) groups is 2.